The predicted molar refractivity (Wildman–Crippen MR) is 101 cm³/mol. The second-order valence-electron chi connectivity index (χ2n) is 5.84. The van der Waals surface area contributed by atoms with Gasteiger partial charge in [-0.25, -0.2) is 0 Å². The summed E-state index contributed by atoms with van der Waals surface area (Å²) in [6.45, 7) is 4.72. The first kappa shape index (κ1) is 18.0. The van der Waals surface area contributed by atoms with Crippen LogP contribution in [0.5, 0.6) is 11.5 Å². The lowest BCUT2D eigenvalue weighted by atomic mass is 10.1. The van der Waals surface area contributed by atoms with Gasteiger partial charge >= 0.3 is 0 Å². The SMILES string of the molecule is CCn1c(SCC(=O)c2ccc(O)c(O)c2)nnc1-c1cccc(C)c1. The molecule has 0 atom stereocenters. The molecule has 0 spiro atoms. The Morgan fingerprint density at radius 3 is 2.62 bits per heavy atom. The maximum Gasteiger partial charge on any atom is 0.191 e. The van der Waals surface area contributed by atoms with E-state index in [2.05, 4.69) is 16.3 Å². The van der Waals surface area contributed by atoms with Crippen molar-refractivity contribution in [1.82, 2.24) is 14.8 Å². The van der Waals surface area contributed by atoms with Crippen LogP contribution in [-0.2, 0) is 6.54 Å². The van der Waals surface area contributed by atoms with Gasteiger partial charge in [-0.3, -0.25) is 4.79 Å². The van der Waals surface area contributed by atoms with Crippen LogP contribution in [0.1, 0.15) is 22.8 Å². The highest BCUT2D eigenvalue weighted by molar-refractivity contribution is 7.99. The van der Waals surface area contributed by atoms with Crippen molar-refractivity contribution in [2.45, 2.75) is 25.5 Å². The third-order valence-corrected chi connectivity index (χ3v) is 4.91. The molecule has 3 aromatic rings. The van der Waals surface area contributed by atoms with Crippen molar-refractivity contribution < 1.29 is 15.0 Å². The van der Waals surface area contributed by atoms with Gasteiger partial charge < -0.3 is 14.8 Å². The van der Waals surface area contributed by atoms with E-state index in [0.717, 1.165) is 17.0 Å². The number of carbonyl (C=O) groups is 1. The molecule has 0 amide bonds. The first-order valence-electron chi connectivity index (χ1n) is 8.17. The third-order valence-electron chi connectivity index (χ3n) is 3.94. The van der Waals surface area contributed by atoms with Crippen molar-refractivity contribution in [2.75, 3.05) is 5.75 Å². The Hall–Kier alpha value is -2.80. The number of Topliss-reactive ketones (excluding diaryl/α,β-unsaturated/α-hetero) is 1. The van der Waals surface area contributed by atoms with Crippen molar-refractivity contribution in [3.63, 3.8) is 0 Å². The van der Waals surface area contributed by atoms with E-state index < -0.39 is 0 Å². The lowest BCUT2D eigenvalue weighted by Gasteiger charge is -2.08. The molecule has 0 radical (unpaired) electrons. The summed E-state index contributed by atoms with van der Waals surface area (Å²) in [4.78, 5) is 12.3. The summed E-state index contributed by atoms with van der Waals surface area (Å²) in [7, 11) is 0. The molecule has 0 saturated carbocycles. The van der Waals surface area contributed by atoms with Gasteiger partial charge in [-0.15, -0.1) is 10.2 Å². The molecule has 2 N–H and O–H groups in total. The second kappa shape index (κ2) is 7.61. The average Bonchev–Trinajstić information content (AvgIpc) is 3.05. The van der Waals surface area contributed by atoms with Gasteiger partial charge in [-0.05, 0) is 38.1 Å². The van der Waals surface area contributed by atoms with Gasteiger partial charge in [0, 0.05) is 17.7 Å². The molecule has 0 unspecified atom stereocenters. The van der Waals surface area contributed by atoms with Crippen LogP contribution < -0.4 is 0 Å². The molecule has 0 saturated heterocycles. The van der Waals surface area contributed by atoms with E-state index in [1.54, 1.807) is 0 Å². The molecule has 0 aliphatic heterocycles. The summed E-state index contributed by atoms with van der Waals surface area (Å²) in [5.74, 6) is 0.222. The number of aromatic nitrogens is 3. The topological polar surface area (TPSA) is 88.2 Å². The molecule has 6 nitrogen and oxygen atoms in total. The zero-order valence-corrected chi connectivity index (χ0v) is 15.3. The van der Waals surface area contributed by atoms with Gasteiger partial charge in [-0.1, -0.05) is 35.5 Å². The summed E-state index contributed by atoms with van der Waals surface area (Å²) in [5.41, 5.74) is 2.47. The number of thioether (sulfide) groups is 1. The van der Waals surface area contributed by atoms with Gasteiger partial charge in [0.25, 0.3) is 0 Å². The van der Waals surface area contributed by atoms with Crippen molar-refractivity contribution in [3.8, 4) is 22.9 Å². The van der Waals surface area contributed by atoms with E-state index in [9.17, 15) is 15.0 Å². The molecule has 0 aliphatic rings. The molecule has 7 heteroatoms. The minimum absolute atomic E-state index is 0.159. The van der Waals surface area contributed by atoms with E-state index in [0.29, 0.717) is 17.3 Å². The second-order valence-corrected chi connectivity index (χ2v) is 6.78. The minimum atomic E-state index is -0.306. The van der Waals surface area contributed by atoms with E-state index in [1.165, 1.54) is 30.0 Å². The maximum atomic E-state index is 12.3. The summed E-state index contributed by atoms with van der Waals surface area (Å²) in [5, 5.41) is 28.1. The summed E-state index contributed by atoms with van der Waals surface area (Å²) >= 11 is 1.30. The van der Waals surface area contributed by atoms with Crippen LogP contribution in [0, 0.1) is 6.92 Å². The summed E-state index contributed by atoms with van der Waals surface area (Å²) in [6.07, 6.45) is 0. The largest absolute Gasteiger partial charge is 0.504 e. The highest BCUT2D eigenvalue weighted by atomic mass is 32.2. The number of aryl methyl sites for hydroxylation is 1. The Bertz CT molecular complexity index is 953. The Labute approximate surface area is 155 Å². The Balaban J connectivity index is 1.78. The lowest BCUT2D eigenvalue weighted by molar-refractivity contribution is 0.102. The molecule has 1 heterocycles. The van der Waals surface area contributed by atoms with Crippen molar-refractivity contribution in [2.24, 2.45) is 0 Å². The monoisotopic (exact) mass is 369 g/mol. The minimum Gasteiger partial charge on any atom is -0.504 e. The number of carbonyl (C=O) groups excluding carboxylic acids is 1. The number of phenolic OH excluding ortho intramolecular Hbond substituents is 2. The van der Waals surface area contributed by atoms with Gasteiger partial charge in [0.2, 0.25) is 0 Å². The molecule has 1 aromatic heterocycles. The quantitative estimate of drug-likeness (QED) is 0.392. The Morgan fingerprint density at radius 2 is 1.92 bits per heavy atom. The molecular formula is C19H19N3O3S. The van der Waals surface area contributed by atoms with E-state index >= 15 is 0 Å². The molecule has 0 bridgehead atoms. The van der Waals surface area contributed by atoms with Crippen LogP contribution in [0.3, 0.4) is 0 Å². The van der Waals surface area contributed by atoms with Crippen molar-refractivity contribution in [1.29, 1.82) is 0 Å². The van der Waals surface area contributed by atoms with E-state index in [1.807, 2.05) is 36.6 Å². The van der Waals surface area contributed by atoms with Crippen LogP contribution in [0.15, 0.2) is 47.6 Å². The number of ketones is 1. The third kappa shape index (κ3) is 3.72. The molecule has 2 aromatic carbocycles. The number of aromatic hydroxyl groups is 2. The van der Waals surface area contributed by atoms with Gasteiger partial charge in [-0.2, -0.15) is 0 Å². The molecule has 0 fully saturated rings. The fourth-order valence-corrected chi connectivity index (χ4v) is 3.49. The number of nitrogens with zero attached hydrogens (tertiary/aromatic N) is 3. The van der Waals surface area contributed by atoms with Crippen LogP contribution >= 0.6 is 11.8 Å². The normalized spacial score (nSPS) is 10.8. The van der Waals surface area contributed by atoms with Crippen LogP contribution in [0.2, 0.25) is 0 Å². The fourth-order valence-electron chi connectivity index (χ4n) is 2.59. The number of hydrogen-bond donors (Lipinski definition) is 2. The first-order valence-corrected chi connectivity index (χ1v) is 9.16. The number of benzene rings is 2. The first-order chi connectivity index (χ1) is 12.5. The molecule has 26 heavy (non-hydrogen) atoms. The summed E-state index contributed by atoms with van der Waals surface area (Å²) in [6, 6.07) is 12.1. The van der Waals surface area contributed by atoms with Crippen molar-refractivity contribution in [3.05, 3.63) is 53.6 Å². The fraction of sp³-hybridized carbons (Fsp3) is 0.211. The number of phenols is 2. The van der Waals surface area contributed by atoms with Crippen LogP contribution in [0.25, 0.3) is 11.4 Å². The van der Waals surface area contributed by atoms with Gasteiger partial charge in [0.15, 0.2) is 28.3 Å². The summed E-state index contributed by atoms with van der Waals surface area (Å²) < 4.78 is 1.97. The Morgan fingerprint density at radius 1 is 1.12 bits per heavy atom. The zero-order valence-electron chi connectivity index (χ0n) is 14.5. The van der Waals surface area contributed by atoms with Crippen LogP contribution in [0.4, 0.5) is 0 Å². The van der Waals surface area contributed by atoms with Crippen LogP contribution in [-0.4, -0.2) is 36.5 Å². The molecular weight excluding hydrogens is 350 g/mol. The Kier molecular flexibility index (Phi) is 5.27. The highest BCUT2D eigenvalue weighted by Gasteiger charge is 2.16. The van der Waals surface area contributed by atoms with E-state index in [-0.39, 0.29) is 23.0 Å². The molecule has 3 rings (SSSR count). The predicted octanol–water partition coefficient (Wildman–Crippen LogP) is 3.66. The molecule has 134 valence electrons. The lowest BCUT2D eigenvalue weighted by Crippen LogP contribution is -2.05. The standard InChI is InChI=1S/C19H19N3O3S/c1-3-22-18(14-6-4-5-12(2)9-14)20-21-19(22)26-11-17(25)13-7-8-15(23)16(24)10-13/h4-10,23-24H,3,11H2,1-2H3. The van der Waals surface area contributed by atoms with E-state index in [4.69, 9.17) is 0 Å². The highest BCUT2D eigenvalue weighted by Crippen LogP contribution is 2.27. The maximum absolute atomic E-state index is 12.3. The average molecular weight is 369 g/mol. The van der Waals surface area contributed by atoms with Crippen molar-refractivity contribution >= 4 is 17.5 Å². The number of rotatable bonds is 6. The zero-order chi connectivity index (χ0) is 18.7. The smallest absolute Gasteiger partial charge is 0.191 e. The van der Waals surface area contributed by atoms with Gasteiger partial charge in [0.1, 0.15) is 0 Å². The number of hydrogen-bond acceptors (Lipinski definition) is 6. The van der Waals surface area contributed by atoms with Gasteiger partial charge in [0.05, 0.1) is 5.75 Å². The molecule has 0 aliphatic carbocycles.